The second kappa shape index (κ2) is 9.91. The van der Waals surface area contributed by atoms with Crippen molar-refractivity contribution in [2.24, 2.45) is 0 Å². The van der Waals surface area contributed by atoms with E-state index in [0.717, 1.165) is 22.3 Å². The maximum absolute atomic E-state index is 12.9. The lowest BCUT2D eigenvalue weighted by Crippen LogP contribution is -2.42. The zero-order chi connectivity index (χ0) is 26.1. The molecule has 1 aromatic heterocycles. The molecule has 1 heterocycles. The standard InChI is InChI=1S/C29H36N4O2Si/c1-29(2,3)36(5,6)35-26(21-13-9-7-10-14-21)20-33-25-18-17-23(19-24(25)31-28(33)30)32(4)27(34)22-15-11-8-12-16-22/h7-19,26H,20H2,1-6H3,(H2,30,31). The van der Waals surface area contributed by atoms with Crippen molar-refractivity contribution >= 4 is 36.9 Å². The molecular weight excluding hydrogens is 464 g/mol. The summed E-state index contributed by atoms with van der Waals surface area (Å²) in [7, 11) is -0.283. The summed E-state index contributed by atoms with van der Waals surface area (Å²) in [5.41, 5.74) is 10.6. The molecule has 7 heteroatoms. The van der Waals surface area contributed by atoms with Crippen LogP contribution in [0.4, 0.5) is 11.6 Å². The highest BCUT2D eigenvalue weighted by Gasteiger charge is 2.39. The van der Waals surface area contributed by atoms with Gasteiger partial charge < -0.3 is 19.6 Å². The molecule has 0 saturated carbocycles. The van der Waals surface area contributed by atoms with Crippen LogP contribution in [0.2, 0.25) is 18.1 Å². The Morgan fingerprint density at radius 3 is 2.25 bits per heavy atom. The van der Waals surface area contributed by atoms with Gasteiger partial charge in [-0.3, -0.25) is 4.79 Å². The Hall–Kier alpha value is -3.42. The van der Waals surface area contributed by atoms with E-state index < -0.39 is 8.32 Å². The van der Waals surface area contributed by atoms with Gasteiger partial charge in [0.2, 0.25) is 5.95 Å². The molecule has 4 rings (SSSR count). The topological polar surface area (TPSA) is 73.4 Å². The number of rotatable bonds is 7. The van der Waals surface area contributed by atoms with Crippen LogP contribution in [0.5, 0.6) is 0 Å². The molecule has 188 valence electrons. The molecule has 0 aliphatic carbocycles. The van der Waals surface area contributed by atoms with Crippen LogP contribution in [0, 0.1) is 0 Å². The average molecular weight is 501 g/mol. The van der Waals surface area contributed by atoms with Gasteiger partial charge in [-0.2, -0.15) is 0 Å². The maximum atomic E-state index is 12.9. The van der Waals surface area contributed by atoms with Gasteiger partial charge in [-0.1, -0.05) is 69.3 Å². The van der Waals surface area contributed by atoms with Crippen LogP contribution in [-0.4, -0.2) is 30.8 Å². The Bertz CT molecular complexity index is 1340. The molecule has 0 spiro atoms. The first-order valence-electron chi connectivity index (χ1n) is 12.3. The van der Waals surface area contributed by atoms with Gasteiger partial charge >= 0.3 is 0 Å². The second-order valence-corrected chi connectivity index (χ2v) is 15.5. The van der Waals surface area contributed by atoms with Crippen molar-refractivity contribution in [1.29, 1.82) is 0 Å². The van der Waals surface area contributed by atoms with Gasteiger partial charge in [0.25, 0.3) is 5.91 Å². The van der Waals surface area contributed by atoms with Crippen molar-refractivity contribution in [3.63, 3.8) is 0 Å². The second-order valence-electron chi connectivity index (χ2n) is 10.8. The summed E-state index contributed by atoms with van der Waals surface area (Å²) in [5.74, 6) is 0.355. The monoisotopic (exact) mass is 500 g/mol. The molecule has 0 fully saturated rings. The van der Waals surface area contributed by atoms with E-state index >= 15 is 0 Å². The number of nitrogen functional groups attached to an aromatic ring is 1. The number of fused-ring (bicyclic) bond motifs is 1. The number of nitrogens with two attached hydrogens (primary N) is 1. The summed E-state index contributed by atoms with van der Waals surface area (Å²) < 4.78 is 8.91. The largest absolute Gasteiger partial charge is 0.408 e. The first-order valence-corrected chi connectivity index (χ1v) is 15.2. The molecule has 1 atom stereocenters. The smallest absolute Gasteiger partial charge is 0.258 e. The first kappa shape index (κ1) is 25.7. The van der Waals surface area contributed by atoms with Gasteiger partial charge in [-0.25, -0.2) is 4.98 Å². The molecule has 6 nitrogen and oxygen atoms in total. The third-order valence-corrected chi connectivity index (χ3v) is 11.7. The molecule has 0 aliphatic heterocycles. The molecule has 2 N–H and O–H groups in total. The van der Waals surface area contributed by atoms with Crippen molar-refractivity contribution in [2.75, 3.05) is 17.7 Å². The highest BCUT2D eigenvalue weighted by molar-refractivity contribution is 6.74. The minimum Gasteiger partial charge on any atom is -0.408 e. The Balaban J connectivity index is 1.67. The van der Waals surface area contributed by atoms with E-state index in [0.29, 0.717) is 18.1 Å². The number of amides is 1. The molecule has 0 bridgehead atoms. The lowest BCUT2D eigenvalue weighted by atomic mass is 10.1. The molecule has 0 radical (unpaired) electrons. The Morgan fingerprint density at radius 2 is 1.64 bits per heavy atom. The number of carbonyl (C=O) groups is 1. The molecule has 4 aromatic rings. The van der Waals surface area contributed by atoms with Crippen molar-refractivity contribution in [1.82, 2.24) is 9.55 Å². The Labute approximate surface area is 214 Å². The highest BCUT2D eigenvalue weighted by atomic mass is 28.4. The number of nitrogens with zero attached hydrogens (tertiary/aromatic N) is 3. The third kappa shape index (κ3) is 5.22. The van der Waals surface area contributed by atoms with E-state index in [1.54, 1.807) is 11.9 Å². The van der Waals surface area contributed by atoms with Crippen LogP contribution in [0.25, 0.3) is 11.0 Å². The van der Waals surface area contributed by atoms with Gasteiger partial charge in [0.15, 0.2) is 8.32 Å². The van der Waals surface area contributed by atoms with E-state index in [9.17, 15) is 4.79 Å². The molecular formula is C29H36N4O2Si. The van der Waals surface area contributed by atoms with Crippen LogP contribution in [0.1, 0.15) is 42.8 Å². The molecule has 0 saturated heterocycles. The molecule has 1 amide bonds. The molecule has 36 heavy (non-hydrogen) atoms. The summed E-state index contributed by atoms with van der Waals surface area (Å²) in [4.78, 5) is 19.2. The summed E-state index contributed by atoms with van der Waals surface area (Å²) in [5, 5.41) is 0.0767. The van der Waals surface area contributed by atoms with E-state index in [1.165, 1.54) is 0 Å². The highest BCUT2D eigenvalue weighted by Crippen LogP contribution is 2.40. The molecule has 3 aromatic carbocycles. The lowest BCUT2D eigenvalue weighted by molar-refractivity contribution is 0.0993. The average Bonchev–Trinajstić information content (AvgIpc) is 3.17. The van der Waals surface area contributed by atoms with Crippen molar-refractivity contribution in [3.8, 4) is 0 Å². The number of carbonyl (C=O) groups excluding carboxylic acids is 1. The quantitative estimate of drug-likeness (QED) is 0.288. The van der Waals surface area contributed by atoms with Gasteiger partial charge in [-0.15, -0.1) is 0 Å². The zero-order valence-electron chi connectivity index (χ0n) is 22.0. The number of hydrogen-bond acceptors (Lipinski definition) is 4. The van der Waals surface area contributed by atoms with Crippen molar-refractivity contribution < 1.29 is 9.22 Å². The molecule has 1 unspecified atom stereocenters. The summed E-state index contributed by atoms with van der Waals surface area (Å²) in [6, 6.07) is 25.4. The maximum Gasteiger partial charge on any atom is 0.258 e. The fourth-order valence-electron chi connectivity index (χ4n) is 4.01. The summed E-state index contributed by atoms with van der Waals surface area (Å²) >= 11 is 0. The summed E-state index contributed by atoms with van der Waals surface area (Å²) in [6.45, 7) is 11.8. The van der Waals surface area contributed by atoms with Crippen molar-refractivity contribution in [2.45, 2.75) is 51.6 Å². The van der Waals surface area contributed by atoms with E-state index in [2.05, 4.69) is 51.0 Å². The number of imidazole rings is 1. The first-order chi connectivity index (χ1) is 17.0. The van der Waals surface area contributed by atoms with Crippen LogP contribution in [0.3, 0.4) is 0 Å². The Morgan fingerprint density at radius 1 is 1.03 bits per heavy atom. The van der Waals surface area contributed by atoms with Gasteiger partial charge in [0, 0.05) is 18.3 Å². The van der Waals surface area contributed by atoms with Crippen LogP contribution in [0.15, 0.2) is 78.9 Å². The number of aromatic nitrogens is 2. The zero-order valence-corrected chi connectivity index (χ0v) is 23.0. The normalized spacial score (nSPS) is 13.1. The summed E-state index contributed by atoms with van der Waals surface area (Å²) in [6.07, 6.45) is -0.159. The third-order valence-electron chi connectivity index (χ3n) is 7.24. The van der Waals surface area contributed by atoms with Gasteiger partial charge in [0.05, 0.1) is 23.7 Å². The van der Waals surface area contributed by atoms with E-state index in [-0.39, 0.29) is 17.0 Å². The number of benzene rings is 3. The van der Waals surface area contributed by atoms with E-state index in [1.807, 2.05) is 71.3 Å². The van der Waals surface area contributed by atoms with Crippen molar-refractivity contribution in [3.05, 3.63) is 90.0 Å². The Kier molecular flexibility index (Phi) is 7.07. The predicted molar refractivity (Wildman–Crippen MR) is 151 cm³/mol. The predicted octanol–water partition coefficient (Wildman–Crippen LogP) is 6.66. The van der Waals surface area contributed by atoms with E-state index in [4.69, 9.17) is 10.2 Å². The van der Waals surface area contributed by atoms with Gasteiger partial charge in [-0.05, 0) is 54.0 Å². The van der Waals surface area contributed by atoms with Gasteiger partial charge in [0.1, 0.15) is 0 Å². The molecule has 0 aliphatic rings. The fourth-order valence-corrected chi connectivity index (χ4v) is 5.28. The number of anilines is 2. The lowest BCUT2D eigenvalue weighted by Gasteiger charge is -2.39. The number of hydrogen-bond donors (Lipinski definition) is 1. The van der Waals surface area contributed by atoms with Crippen LogP contribution < -0.4 is 10.6 Å². The minimum absolute atomic E-state index is 0.0748. The minimum atomic E-state index is -2.06. The fraction of sp³-hybridized carbons (Fsp3) is 0.310. The van der Waals surface area contributed by atoms with Crippen LogP contribution in [-0.2, 0) is 11.0 Å². The SMILES string of the molecule is CN(C(=O)c1ccccc1)c1ccc2c(c1)nc(N)n2CC(O[Si](C)(C)C(C)(C)C)c1ccccc1. The van der Waals surface area contributed by atoms with Crippen LogP contribution >= 0.6 is 0 Å².